The molecule has 0 aliphatic rings. The van der Waals surface area contributed by atoms with E-state index in [1.807, 2.05) is 68.3 Å². The quantitative estimate of drug-likeness (QED) is 0.226. The Kier molecular flexibility index (Phi) is 10.1. The fraction of sp³-hybridized carbons (Fsp3) is 0.345. The normalized spacial score (nSPS) is 12.2. The molecule has 0 spiro atoms. The number of hydrogen-bond acceptors (Lipinski definition) is 6. The Morgan fingerprint density at radius 1 is 1.03 bits per heavy atom. The number of methoxy groups -OCH3 is 1. The summed E-state index contributed by atoms with van der Waals surface area (Å²) in [6, 6.07) is 17.5. The van der Waals surface area contributed by atoms with Crippen molar-refractivity contribution < 1.29 is 32.2 Å². The molecule has 10 heteroatoms. The third kappa shape index (κ3) is 8.81. The van der Waals surface area contributed by atoms with Gasteiger partial charge in [0.25, 0.3) is 0 Å². The molecule has 1 N–H and O–H groups in total. The van der Waals surface area contributed by atoms with Crippen molar-refractivity contribution in [2.75, 3.05) is 31.0 Å². The van der Waals surface area contributed by atoms with E-state index in [1.54, 1.807) is 26.2 Å². The molecule has 39 heavy (non-hydrogen) atoms. The number of rotatable bonds is 11. The monoisotopic (exact) mass is 608 g/mol. The van der Waals surface area contributed by atoms with Gasteiger partial charge in [-0.1, -0.05) is 29.8 Å². The predicted octanol–water partition coefficient (Wildman–Crippen LogP) is 7.66. The zero-order chi connectivity index (χ0) is 28.7. The lowest BCUT2D eigenvalue weighted by atomic mass is 10.0. The van der Waals surface area contributed by atoms with Crippen molar-refractivity contribution in [3.8, 4) is 11.5 Å². The van der Waals surface area contributed by atoms with Crippen LogP contribution >= 0.6 is 15.9 Å². The lowest BCUT2D eigenvalue weighted by molar-refractivity contribution is -0.153. The number of benzene rings is 3. The standard InChI is InChI=1S/C29H32BrF3N2O4/c1-18(2)27(34-22-8-11-26(19(3)12-22)39-17-29(31,32)33)28(36)38-16-20-13-24(15-25(14-20)37-5)35(4)23-9-6-21(30)7-10-23/h6-15,18,27,34H,16-17H2,1-5H3. The molecule has 3 aromatic rings. The Morgan fingerprint density at radius 2 is 1.72 bits per heavy atom. The van der Waals surface area contributed by atoms with Gasteiger partial charge in [-0.15, -0.1) is 0 Å². The molecule has 6 nitrogen and oxygen atoms in total. The number of esters is 1. The Morgan fingerprint density at radius 3 is 2.31 bits per heavy atom. The number of nitrogens with zero attached hydrogens (tertiary/aromatic N) is 1. The van der Waals surface area contributed by atoms with Crippen LogP contribution in [0.1, 0.15) is 25.0 Å². The molecular weight excluding hydrogens is 577 g/mol. The van der Waals surface area contributed by atoms with Crippen LogP contribution < -0.4 is 19.7 Å². The summed E-state index contributed by atoms with van der Waals surface area (Å²) in [5.74, 6) is 0.182. The van der Waals surface area contributed by atoms with Gasteiger partial charge in [0.05, 0.1) is 7.11 Å². The fourth-order valence-corrected chi connectivity index (χ4v) is 4.10. The molecule has 0 bridgehead atoms. The molecule has 0 aliphatic carbocycles. The van der Waals surface area contributed by atoms with Crippen molar-refractivity contribution >= 4 is 39.0 Å². The first-order valence-corrected chi connectivity index (χ1v) is 13.1. The molecule has 0 aliphatic heterocycles. The number of carbonyl (C=O) groups is 1. The van der Waals surface area contributed by atoms with Gasteiger partial charge in [-0.3, -0.25) is 0 Å². The lowest BCUT2D eigenvalue weighted by Gasteiger charge is -2.23. The van der Waals surface area contributed by atoms with Gasteiger partial charge in [0, 0.05) is 34.6 Å². The SMILES string of the molecule is COc1cc(COC(=O)C(Nc2ccc(OCC(F)(F)F)c(C)c2)C(C)C)cc(N(C)c2ccc(Br)cc2)c1. The molecule has 0 amide bonds. The van der Waals surface area contributed by atoms with Crippen LogP contribution in [0, 0.1) is 12.8 Å². The van der Waals surface area contributed by atoms with Crippen LogP contribution in [0.15, 0.2) is 65.1 Å². The minimum absolute atomic E-state index is 0.0331. The van der Waals surface area contributed by atoms with E-state index in [0.717, 1.165) is 21.4 Å². The summed E-state index contributed by atoms with van der Waals surface area (Å²) in [6.45, 7) is 4.07. The molecule has 1 unspecified atom stereocenters. The summed E-state index contributed by atoms with van der Waals surface area (Å²) >= 11 is 3.45. The van der Waals surface area contributed by atoms with Crippen molar-refractivity contribution in [2.45, 2.75) is 39.6 Å². The highest BCUT2D eigenvalue weighted by Gasteiger charge is 2.29. The number of halogens is 4. The van der Waals surface area contributed by atoms with Crippen molar-refractivity contribution in [1.29, 1.82) is 0 Å². The van der Waals surface area contributed by atoms with Crippen LogP contribution in [0.4, 0.5) is 30.2 Å². The number of nitrogens with one attached hydrogen (secondary N) is 1. The summed E-state index contributed by atoms with van der Waals surface area (Å²) in [5.41, 5.74) is 3.68. The molecule has 0 saturated carbocycles. The first-order valence-electron chi connectivity index (χ1n) is 12.3. The second-order valence-corrected chi connectivity index (χ2v) is 10.3. The minimum atomic E-state index is -4.42. The van der Waals surface area contributed by atoms with E-state index in [2.05, 4.69) is 21.2 Å². The highest BCUT2D eigenvalue weighted by Crippen LogP contribution is 2.30. The topological polar surface area (TPSA) is 60.0 Å². The van der Waals surface area contributed by atoms with E-state index in [4.69, 9.17) is 14.2 Å². The summed E-state index contributed by atoms with van der Waals surface area (Å²) in [4.78, 5) is 15.1. The van der Waals surface area contributed by atoms with Crippen LogP contribution in [0.3, 0.4) is 0 Å². The van der Waals surface area contributed by atoms with Crippen LogP contribution in [0.5, 0.6) is 11.5 Å². The van der Waals surface area contributed by atoms with Gasteiger partial charge >= 0.3 is 12.1 Å². The molecule has 0 radical (unpaired) electrons. The Balaban J connectivity index is 1.70. The minimum Gasteiger partial charge on any atom is -0.497 e. The summed E-state index contributed by atoms with van der Waals surface area (Å²) < 4.78 is 54.5. The number of carbonyl (C=O) groups excluding carboxylic acids is 1. The fourth-order valence-electron chi connectivity index (χ4n) is 3.83. The van der Waals surface area contributed by atoms with E-state index in [0.29, 0.717) is 17.0 Å². The van der Waals surface area contributed by atoms with Crippen molar-refractivity contribution in [2.24, 2.45) is 5.92 Å². The molecule has 0 saturated heterocycles. The average molecular weight is 609 g/mol. The van der Waals surface area contributed by atoms with Gasteiger partial charge in [-0.25, -0.2) is 4.79 Å². The smallest absolute Gasteiger partial charge is 0.422 e. The van der Waals surface area contributed by atoms with Gasteiger partial charge in [-0.05, 0) is 78.6 Å². The van der Waals surface area contributed by atoms with Crippen LogP contribution in [0.2, 0.25) is 0 Å². The largest absolute Gasteiger partial charge is 0.497 e. The number of ether oxygens (including phenoxy) is 3. The zero-order valence-corrected chi connectivity index (χ0v) is 24.0. The second-order valence-electron chi connectivity index (χ2n) is 9.43. The maximum atomic E-state index is 13.1. The lowest BCUT2D eigenvalue weighted by Crippen LogP contribution is -2.36. The van der Waals surface area contributed by atoms with Crippen LogP contribution in [0.25, 0.3) is 0 Å². The Labute approximate surface area is 235 Å². The van der Waals surface area contributed by atoms with Gasteiger partial charge in [0.2, 0.25) is 0 Å². The third-order valence-corrected chi connectivity index (χ3v) is 6.51. The van der Waals surface area contributed by atoms with E-state index in [-0.39, 0.29) is 18.3 Å². The Bertz CT molecular complexity index is 1270. The zero-order valence-electron chi connectivity index (χ0n) is 22.4. The first-order chi connectivity index (χ1) is 18.4. The highest BCUT2D eigenvalue weighted by molar-refractivity contribution is 9.10. The van der Waals surface area contributed by atoms with Gasteiger partial charge < -0.3 is 24.4 Å². The van der Waals surface area contributed by atoms with Crippen molar-refractivity contribution in [3.05, 3.63) is 76.3 Å². The second kappa shape index (κ2) is 13.1. The maximum Gasteiger partial charge on any atom is 0.422 e. The van der Waals surface area contributed by atoms with Gasteiger partial charge in [0.1, 0.15) is 24.1 Å². The predicted molar refractivity (Wildman–Crippen MR) is 150 cm³/mol. The molecule has 3 aromatic carbocycles. The summed E-state index contributed by atoms with van der Waals surface area (Å²) in [5, 5.41) is 3.14. The van der Waals surface area contributed by atoms with E-state index in [1.165, 1.54) is 6.07 Å². The van der Waals surface area contributed by atoms with Gasteiger partial charge in [0.15, 0.2) is 6.61 Å². The molecule has 0 aromatic heterocycles. The highest BCUT2D eigenvalue weighted by atomic mass is 79.9. The number of hydrogen-bond donors (Lipinski definition) is 1. The summed E-state index contributed by atoms with van der Waals surface area (Å²) in [6.07, 6.45) is -4.42. The molecule has 210 valence electrons. The van der Waals surface area contributed by atoms with Crippen molar-refractivity contribution in [1.82, 2.24) is 0 Å². The molecule has 0 heterocycles. The van der Waals surface area contributed by atoms with Crippen LogP contribution in [-0.4, -0.2) is 39.0 Å². The Hall–Kier alpha value is -3.40. The number of alkyl halides is 3. The van der Waals surface area contributed by atoms with Gasteiger partial charge in [-0.2, -0.15) is 13.2 Å². The number of anilines is 3. The third-order valence-electron chi connectivity index (χ3n) is 5.98. The maximum absolute atomic E-state index is 13.1. The summed E-state index contributed by atoms with van der Waals surface area (Å²) in [7, 11) is 3.52. The molecular formula is C29H32BrF3N2O4. The van der Waals surface area contributed by atoms with E-state index in [9.17, 15) is 18.0 Å². The van der Waals surface area contributed by atoms with E-state index < -0.39 is 24.8 Å². The molecule has 0 fully saturated rings. The van der Waals surface area contributed by atoms with E-state index >= 15 is 0 Å². The average Bonchev–Trinajstić information content (AvgIpc) is 2.89. The number of aryl methyl sites for hydroxylation is 1. The van der Waals surface area contributed by atoms with Crippen molar-refractivity contribution in [3.63, 3.8) is 0 Å². The van der Waals surface area contributed by atoms with Crippen LogP contribution in [-0.2, 0) is 16.1 Å². The molecule has 1 atom stereocenters. The first kappa shape index (κ1) is 30.1. The molecule has 3 rings (SSSR count).